The molecule has 3 heteroatoms. The number of aliphatic hydroxyl groups excluding tert-OH is 1. The van der Waals surface area contributed by atoms with Crippen molar-refractivity contribution in [1.82, 2.24) is 0 Å². The zero-order valence-corrected chi connectivity index (χ0v) is 11.3. The molecular formula is C16H22N2O. The SMILES string of the molecule is N#CCC(O)c1cccc(NCC2CCCCC2)c1. The Morgan fingerprint density at radius 1 is 1.32 bits per heavy atom. The van der Waals surface area contributed by atoms with Crippen molar-refractivity contribution in [2.75, 3.05) is 11.9 Å². The summed E-state index contributed by atoms with van der Waals surface area (Å²) >= 11 is 0. The zero-order chi connectivity index (χ0) is 13.5. The molecule has 2 N–H and O–H groups in total. The van der Waals surface area contributed by atoms with Gasteiger partial charge in [0, 0.05) is 12.2 Å². The first kappa shape index (κ1) is 13.9. The average Bonchev–Trinajstić information content (AvgIpc) is 2.47. The minimum Gasteiger partial charge on any atom is -0.387 e. The van der Waals surface area contributed by atoms with Crippen molar-refractivity contribution in [2.24, 2.45) is 5.92 Å². The predicted octanol–water partition coefficient (Wildman–Crippen LogP) is 3.63. The van der Waals surface area contributed by atoms with Crippen LogP contribution in [-0.2, 0) is 0 Å². The summed E-state index contributed by atoms with van der Waals surface area (Å²) in [5.74, 6) is 0.779. The van der Waals surface area contributed by atoms with Crippen LogP contribution in [0.2, 0.25) is 0 Å². The molecule has 0 aliphatic heterocycles. The van der Waals surface area contributed by atoms with E-state index in [2.05, 4.69) is 5.32 Å². The number of nitrogens with zero attached hydrogens (tertiary/aromatic N) is 1. The largest absolute Gasteiger partial charge is 0.387 e. The van der Waals surface area contributed by atoms with Crippen LogP contribution in [0.3, 0.4) is 0 Å². The Kier molecular flexibility index (Phi) is 5.23. The van der Waals surface area contributed by atoms with E-state index in [1.54, 1.807) is 0 Å². The van der Waals surface area contributed by atoms with Crippen LogP contribution in [-0.4, -0.2) is 11.7 Å². The smallest absolute Gasteiger partial charge is 0.0920 e. The summed E-state index contributed by atoms with van der Waals surface area (Å²) in [6.07, 6.45) is 6.20. The number of hydrogen-bond donors (Lipinski definition) is 2. The second-order valence-electron chi connectivity index (χ2n) is 5.39. The average molecular weight is 258 g/mol. The van der Waals surface area contributed by atoms with Gasteiger partial charge in [0.15, 0.2) is 0 Å². The van der Waals surface area contributed by atoms with E-state index in [1.807, 2.05) is 30.3 Å². The minimum atomic E-state index is -0.679. The van der Waals surface area contributed by atoms with E-state index < -0.39 is 6.10 Å². The van der Waals surface area contributed by atoms with Gasteiger partial charge in [-0.15, -0.1) is 0 Å². The number of nitriles is 1. The Morgan fingerprint density at radius 2 is 2.11 bits per heavy atom. The quantitative estimate of drug-likeness (QED) is 0.848. The summed E-state index contributed by atoms with van der Waals surface area (Å²) < 4.78 is 0. The third-order valence-corrected chi connectivity index (χ3v) is 3.88. The minimum absolute atomic E-state index is 0.145. The van der Waals surface area contributed by atoms with E-state index in [4.69, 9.17) is 5.26 Å². The van der Waals surface area contributed by atoms with E-state index >= 15 is 0 Å². The summed E-state index contributed by atoms with van der Waals surface area (Å²) in [6, 6.07) is 9.77. The van der Waals surface area contributed by atoms with E-state index in [0.717, 1.165) is 23.7 Å². The number of hydrogen-bond acceptors (Lipinski definition) is 3. The Morgan fingerprint density at radius 3 is 2.84 bits per heavy atom. The van der Waals surface area contributed by atoms with E-state index in [0.29, 0.717) is 0 Å². The molecule has 0 saturated heterocycles. The Hall–Kier alpha value is -1.53. The molecule has 0 heterocycles. The summed E-state index contributed by atoms with van der Waals surface area (Å²) in [5, 5.41) is 21.9. The molecule has 0 aromatic heterocycles. The fourth-order valence-electron chi connectivity index (χ4n) is 2.71. The van der Waals surface area contributed by atoms with E-state index in [9.17, 15) is 5.11 Å². The zero-order valence-electron chi connectivity index (χ0n) is 11.3. The highest BCUT2D eigenvalue weighted by Gasteiger charge is 2.13. The summed E-state index contributed by atoms with van der Waals surface area (Å²) in [6.45, 7) is 1.01. The third-order valence-electron chi connectivity index (χ3n) is 3.88. The molecule has 19 heavy (non-hydrogen) atoms. The van der Waals surface area contributed by atoms with Crippen LogP contribution in [0.5, 0.6) is 0 Å². The molecule has 3 nitrogen and oxygen atoms in total. The molecule has 1 aromatic carbocycles. The van der Waals surface area contributed by atoms with Gasteiger partial charge >= 0.3 is 0 Å². The van der Waals surface area contributed by atoms with Gasteiger partial charge in [0.25, 0.3) is 0 Å². The standard InChI is InChI=1S/C16H22N2O/c17-10-9-16(19)14-7-4-8-15(11-14)18-12-13-5-2-1-3-6-13/h4,7-8,11,13,16,18-19H,1-3,5-6,9,12H2. The van der Waals surface area contributed by atoms with Crippen molar-refractivity contribution in [1.29, 1.82) is 5.26 Å². The maximum absolute atomic E-state index is 9.81. The molecule has 0 bridgehead atoms. The van der Waals surface area contributed by atoms with Crippen LogP contribution >= 0.6 is 0 Å². The summed E-state index contributed by atoms with van der Waals surface area (Å²) in [7, 11) is 0. The van der Waals surface area contributed by atoms with Crippen molar-refractivity contribution in [2.45, 2.75) is 44.6 Å². The molecule has 0 spiro atoms. The lowest BCUT2D eigenvalue weighted by Crippen LogP contribution is -2.17. The van der Waals surface area contributed by atoms with Crippen LogP contribution in [0, 0.1) is 17.2 Å². The monoisotopic (exact) mass is 258 g/mol. The lowest BCUT2D eigenvalue weighted by atomic mass is 9.89. The van der Waals surface area contributed by atoms with Gasteiger partial charge in [-0.1, -0.05) is 31.4 Å². The molecule has 0 amide bonds. The molecule has 1 atom stereocenters. The fraction of sp³-hybridized carbons (Fsp3) is 0.562. The Balaban J connectivity index is 1.89. The first-order valence-electron chi connectivity index (χ1n) is 7.18. The van der Waals surface area contributed by atoms with Crippen molar-refractivity contribution >= 4 is 5.69 Å². The second kappa shape index (κ2) is 7.16. The number of rotatable bonds is 5. The molecule has 102 valence electrons. The van der Waals surface area contributed by atoms with Crippen LogP contribution in [0.25, 0.3) is 0 Å². The van der Waals surface area contributed by atoms with Gasteiger partial charge in [0.2, 0.25) is 0 Å². The number of aliphatic hydroxyl groups is 1. The first-order valence-corrected chi connectivity index (χ1v) is 7.18. The highest BCUT2D eigenvalue weighted by Crippen LogP contribution is 2.25. The Labute approximate surface area is 115 Å². The van der Waals surface area contributed by atoms with Crippen LogP contribution in [0.15, 0.2) is 24.3 Å². The van der Waals surface area contributed by atoms with Gasteiger partial charge in [0.1, 0.15) is 0 Å². The van der Waals surface area contributed by atoms with E-state index in [-0.39, 0.29) is 6.42 Å². The van der Waals surface area contributed by atoms with Gasteiger partial charge < -0.3 is 10.4 Å². The second-order valence-corrected chi connectivity index (χ2v) is 5.39. The van der Waals surface area contributed by atoms with Gasteiger partial charge in [0.05, 0.1) is 18.6 Å². The van der Waals surface area contributed by atoms with Crippen molar-refractivity contribution < 1.29 is 5.11 Å². The van der Waals surface area contributed by atoms with Gasteiger partial charge in [-0.2, -0.15) is 5.26 Å². The topological polar surface area (TPSA) is 56.0 Å². The Bertz CT molecular complexity index is 433. The lowest BCUT2D eigenvalue weighted by molar-refractivity contribution is 0.183. The number of anilines is 1. The fourth-order valence-corrected chi connectivity index (χ4v) is 2.71. The molecule has 1 aliphatic carbocycles. The van der Waals surface area contributed by atoms with Crippen LogP contribution < -0.4 is 5.32 Å². The van der Waals surface area contributed by atoms with Crippen LogP contribution in [0.4, 0.5) is 5.69 Å². The molecule has 1 fully saturated rings. The van der Waals surface area contributed by atoms with Crippen molar-refractivity contribution in [3.05, 3.63) is 29.8 Å². The molecule has 2 rings (SSSR count). The van der Waals surface area contributed by atoms with Crippen molar-refractivity contribution in [3.8, 4) is 6.07 Å². The maximum atomic E-state index is 9.81. The first-order chi connectivity index (χ1) is 9.29. The highest BCUT2D eigenvalue weighted by atomic mass is 16.3. The highest BCUT2D eigenvalue weighted by molar-refractivity contribution is 5.46. The normalized spacial score (nSPS) is 17.7. The molecular weight excluding hydrogens is 236 g/mol. The molecule has 1 unspecified atom stereocenters. The van der Waals surface area contributed by atoms with Gasteiger partial charge in [-0.25, -0.2) is 0 Å². The van der Waals surface area contributed by atoms with Gasteiger partial charge in [-0.3, -0.25) is 0 Å². The molecule has 1 aromatic rings. The maximum Gasteiger partial charge on any atom is 0.0920 e. The molecule has 1 saturated carbocycles. The van der Waals surface area contributed by atoms with Crippen molar-refractivity contribution in [3.63, 3.8) is 0 Å². The lowest BCUT2D eigenvalue weighted by Gasteiger charge is -2.22. The molecule has 1 aliphatic rings. The summed E-state index contributed by atoms with van der Waals surface area (Å²) in [4.78, 5) is 0. The predicted molar refractivity (Wildman–Crippen MR) is 76.7 cm³/mol. The third kappa shape index (κ3) is 4.25. The van der Waals surface area contributed by atoms with E-state index in [1.165, 1.54) is 32.1 Å². The summed E-state index contributed by atoms with van der Waals surface area (Å²) in [5.41, 5.74) is 1.86. The van der Waals surface area contributed by atoms with Gasteiger partial charge in [-0.05, 0) is 36.5 Å². The van der Waals surface area contributed by atoms with Crippen LogP contribution in [0.1, 0.15) is 50.2 Å². The number of benzene rings is 1. The number of nitrogens with one attached hydrogen (secondary N) is 1. The molecule has 0 radical (unpaired) electrons.